The van der Waals surface area contributed by atoms with Crippen molar-refractivity contribution < 1.29 is 17.9 Å². The van der Waals surface area contributed by atoms with Crippen LogP contribution >= 0.6 is 11.6 Å². The summed E-state index contributed by atoms with van der Waals surface area (Å²) in [6.45, 7) is 5.19. The van der Waals surface area contributed by atoms with Gasteiger partial charge in [0.15, 0.2) is 0 Å². The Kier molecular flexibility index (Phi) is 6.09. The molecule has 1 heterocycles. The largest absolute Gasteiger partial charge is 0.492 e. The highest BCUT2D eigenvalue weighted by atomic mass is 35.5. The predicted molar refractivity (Wildman–Crippen MR) is 86.1 cm³/mol. The summed E-state index contributed by atoms with van der Waals surface area (Å²) in [4.78, 5) is 0.0783. The second-order valence-corrected chi connectivity index (χ2v) is 7.53. The van der Waals surface area contributed by atoms with Crippen LogP contribution < -0.4 is 9.46 Å². The van der Waals surface area contributed by atoms with Gasteiger partial charge in [0.05, 0.1) is 12.7 Å². The Labute approximate surface area is 137 Å². The third-order valence-corrected chi connectivity index (χ3v) is 5.35. The van der Waals surface area contributed by atoms with Gasteiger partial charge in [-0.3, -0.25) is 0 Å². The third kappa shape index (κ3) is 4.35. The number of nitrogens with one attached hydrogen (secondary N) is 1. The van der Waals surface area contributed by atoms with Crippen LogP contribution in [-0.4, -0.2) is 34.3 Å². The van der Waals surface area contributed by atoms with Gasteiger partial charge in [-0.05, 0) is 43.9 Å². The average molecular weight is 348 g/mol. The molecule has 0 aromatic heterocycles. The molecule has 1 aliphatic rings. The predicted octanol–water partition coefficient (Wildman–Crippen LogP) is 2.89. The minimum absolute atomic E-state index is 0.0595. The molecule has 1 N–H and O–H groups in total. The first-order valence-corrected chi connectivity index (χ1v) is 9.34. The van der Waals surface area contributed by atoms with E-state index in [0.717, 1.165) is 24.8 Å². The molecule has 22 heavy (non-hydrogen) atoms. The monoisotopic (exact) mass is 347 g/mol. The first-order chi connectivity index (χ1) is 10.4. The summed E-state index contributed by atoms with van der Waals surface area (Å²) in [6.07, 6.45) is 2.57. The normalized spacial score (nSPS) is 18.6. The fourth-order valence-corrected chi connectivity index (χ4v) is 3.70. The molecule has 0 radical (unpaired) electrons. The standard InChI is InChI=1S/C15H22ClNO4S/c1-3-6-21-14-8-11(2)13(16)9-15(14)22(18,19)17-10-12-5-4-7-20-12/h8-9,12,17H,3-7,10H2,1-2H3. The molecule has 1 atom stereocenters. The number of benzene rings is 1. The molecule has 1 saturated heterocycles. The number of halogens is 1. The van der Waals surface area contributed by atoms with Gasteiger partial charge in [0.1, 0.15) is 10.6 Å². The fourth-order valence-electron chi connectivity index (χ4n) is 2.26. The molecule has 1 fully saturated rings. The van der Waals surface area contributed by atoms with Gasteiger partial charge in [-0.1, -0.05) is 18.5 Å². The maximum atomic E-state index is 12.5. The summed E-state index contributed by atoms with van der Waals surface area (Å²) in [5.74, 6) is 0.337. The Bertz CT molecular complexity index is 612. The van der Waals surface area contributed by atoms with E-state index in [1.54, 1.807) is 6.07 Å². The molecule has 0 spiro atoms. The number of ether oxygens (including phenoxy) is 2. The van der Waals surface area contributed by atoms with Crippen LogP contribution in [0.25, 0.3) is 0 Å². The number of hydrogen-bond acceptors (Lipinski definition) is 4. The van der Waals surface area contributed by atoms with Gasteiger partial charge in [-0.2, -0.15) is 0 Å². The van der Waals surface area contributed by atoms with E-state index in [0.29, 0.717) is 24.0 Å². The van der Waals surface area contributed by atoms with Crippen molar-refractivity contribution in [1.29, 1.82) is 0 Å². The summed E-state index contributed by atoms with van der Waals surface area (Å²) in [5.41, 5.74) is 0.783. The maximum Gasteiger partial charge on any atom is 0.244 e. The topological polar surface area (TPSA) is 64.6 Å². The molecule has 1 aromatic rings. The molecule has 0 aliphatic carbocycles. The van der Waals surface area contributed by atoms with Crippen molar-refractivity contribution in [3.8, 4) is 5.75 Å². The second kappa shape index (κ2) is 7.64. The van der Waals surface area contributed by atoms with E-state index in [-0.39, 0.29) is 17.5 Å². The van der Waals surface area contributed by atoms with Gasteiger partial charge in [0.2, 0.25) is 10.0 Å². The van der Waals surface area contributed by atoms with E-state index in [2.05, 4.69) is 4.72 Å². The van der Waals surface area contributed by atoms with Crippen molar-refractivity contribution in [1.82, 2.24) is 4.72 Å². The lowest BCUT2D eigenvalue weighted by Crippen LogP contribution is -2.32. The SMILES string of the molecule is CCCOc1cc(C)c(Cl)cc1S(=O)(=O)NCC1CCCO1. The van der Waals surface area contributed by atoms with Crippen molar-refractivity contribution >= 4 is 21.6 Å². The van der Waals surface area contributed by atoms with Crippen LogP contribution in [0.2, 0.25) is 5.02 Å². The third-order valence-electron chi connectivity index (χ3n) is 3.50. The Morgan fingerprint density at radius 2 is 2.23 bits per heavy atom. The minimum atomic E-state index is -3.69. The second-order valence-electron chi connectivity index (χ2n) is 5.38. The number of aryl methyl sites for hydroxylation is 1. The molecule has 5 nitrogen and oxygen atoms in total. The van der Waals surface area contributed by atoms with Gasteiger partial charge in [-0.25, -0.2) is 13.1 Å². The highest BCUT2D eigenvalue weighted by molar-refractivity contribution is 7.89. The summed E-state index contributed by atoms with van der Waals surface area (Å²) in [5, 5.41) is 0.404. The zero-order valence-corrected chi connectivity index (χ0v) is 14.5. The summed E-state index contributed by atoms with van der Waals surface area (Å²) < 4.78 is 38.7. The van der Waals surface area contributed by atoms with Crippen LogP contribution in [0.1, 0.15) is 31.7 Å². The van der Waals surface area contributed by atoms with Crippen LogP contribution in [0.3, 0.4) is 0 Å². The summed E-state index contributed by atoms with van der Waals surface area (Å²) in [6, 6.07) is 3.11. The smallest absolute Gasteiger partial charge is 0.244 e. The number of sulfonamides is 1. The summed E-state index contributed by atoms with van der Waals surface area (Å²) in [7, 11) is -3.69. The maximum absolute atomic E-state index is 12.5. The van der Waals surface area contributed by atoms with Gasteiger partial charge >= 0.3 is 0 Å². The molecule has 1 unspecified atom stereocenters. The van der Waals surface area contributed by atoms with Crippen LogP contribution in [-0.2, 0) is 14.8 Å². The summed E-state index contributed by atoms with van der Waals surface area (Å²) >= 11 is 6.08. The molecule has 1 aromatic carbocycles. The van der Waals surface area contributed by atoms with E-state index in [1.165, 1.54) is 6.07 Å². The first kappa shape index (κ1) is 17.5. The lowest BCUT2D eigenvalue weighted by Gasteiger charge is -2.15. The van der Waals surface area contributed by atoms with E-state index in [9.17, 15) is 8.42 Å². The lowest BCUT2D eigenvalue weighted by molar-refractivity contribution is 0.114. The number of hydrogen-bond donors (Lipinski definition) is 1. The average Bonchev–Trinajstić information content (AvgIpc) is 2.99. The van der Waals surface area contributed by atoms with Crippen LogP contribution in [0.4, 0.5) is 0 Å². The van der Waals surface area contributed by atoms with Crippen LogP contribution in [0, 0.1) is 6.92 Å². The molecule has 7 heteroatoms. The molecular formula is C15H22ClNO4S. The fraction of sp³-hybridized carbons (Fsp3) is 0.600. The van der Waals surface area contributed by atoms with Gasteiger partial charge in [0.25, 0.3) is 0 Å². The van der Waals surface area contributed by atoms with E-state index in [1.807, 2.05) is 13.8 Å². The minimum Gasteiger partial charge on any atom is -0.492 e. The Balaban J connectivity index is 2.21. The first-order valence-electron chi connectivity index (χ1n) is 7.48. The van der Waals surface area contributed by atoms with Crippen molar-refractivity contribution in [2.24, 2.45) is 0 Å². The van der Waals surface area contributed by atoms with Crippen molar-refractivity contribution in [2.45, 2.75) is 44.1 Å². The van der Waals surface area contributed by atoms with E-state index in [4.69, 9.17) is 21.1 Å². The quantitative estimate of drug-likeness (QED) is 0.823. The van der Waals surface area contributed by atoms with Gasteiger partial charge in [0, 0.05) is 18.2 Å². The van der Waals surface area contributed by atoms with Gasteiger partial charge in [-0.15, -0.1) is 0 Å². The van der Waals surface area contributed by atoms with E-state index < -0.39 is 10.0 Å². The number of rotatable bonds is 7. The molecule has 0 bridgehead atoms. The molecule has 0 amide bonds. The van der Waals surface area contributed by atoms with Crippen molar-refractivity contribution in [2.75, 3.05) is 19.8 Å². The van der Waals surface area contributed by atoms with Crippen LogP contribution in [0.5, 0.6) is 5.75 Å². The van der Waals surface area contributed by atoms with Crippen molar-refractivity contribution in [3.05, 3.63) is 22.7 Å². The zero-order chi connectivity index (χ0) is 16.2. The van der Waals surface area contributed by atoms with E-state index >= 15 is 0 Å². The Hall–Kier alpha value is -0.820. The van der Waals surface area contributed by atoms with Crippen molar-refractivity contribution in [3.63, 3.8) is 0 Å². The molecule has 124 valence electrons. The lowest BCUT2D eigenvalue weighted by atomic mass is 10.2. The Morgan fingerprint density at radius 1 is 1.45 bits per heavy atom. The zero-order valence-electron chi connectivity index (χ0n) is 12.9. The molecule has 1 aliphatic heterocycles. The Morgan fingerprint density at radius 3 is 2.86 bits per heavy atom. The van der Waals surface area contributed by atoms with Gasteiger partial charge < -0.3 is 9.47 Å². The highest BCUT2D eigenvalue weighted by Crippen LogP contribution is 2.30. The highest BCUT2D eigenvalue weighted by Gasteiger charge is 2.24. The molecule has 2 rings (SSSR count). The molecular weight excluding hydrogens is 326 g/mol. The molecule has 0 saturated carbocycles. The van der Waals surface area contributed by atoms with Crippen LogP contribution in [0.15, 0.2) is 17.0 Å².